The lowest BCUT2D eigenvalue weighted by Gasteiger charge is -2.22. The summed E-state index contributed by atoms with van der Waals surface area (Å²) in [7, 11) is 1.73. The van der Waals surface area contributed by atoms with Crippen LogP contribution in [0.3, 0.4) is 0 Å². The minimum atomic E-state index is -0.317. The van der Waals surface area contributed by atoms with Crippen LogP contribution in [0.2, 0.25) is 0 Å². The van der Waals surface area contributed by atoms with E-state index in [-0.39, 0.29) is 11.4 Å². The van der Waals surface area contributed by atoms with Gasteiger partial charge in [-0.25, -0.2) is 4.68 Å². The van der Waals surface area contributed by atoms with Gasteiger partial charge in [0.15, 0.2) is 0 Å². The van der Waals surface area contributed by atoms with E-state index in [9.17, 15) is 4.79 Å². The van der Waals surface area contributed by atoms with Crippen molar-refractivity contribution in [2.24, 2.45) is 12.8 Å². The van der Waals surface area contributed by atoms with Crippen LogP contribution in [0.5, 0.6) is 0 Å². The average Bonchev–Trinajstić information content (AvgIpc) is 2.77. The molecular formula is C10H17N5O. The summed E-state index contributed by atoms with van der Waals surface area (Å²) in [6.45, 7) is 0. The molecule has 0 bridgehead atoms. The Bertz CT molecular complexity index is 380. The number of hydrogen-bond donors (Lipinski definition) is 2. The Morgan fingerprint density at radius 2 is 2.31 bits per heavy atom. The molecule has 1 fully saturated rings. The molecular weight excluding hydrogens is 206 g/mol. The van der Waals surface area contributed by atoms with Crippen molar-refractivity contribution in [3.05, 3.63) is 6.33 Å². The van der Waals surface area contributed by atoms with Gasteiger partial charge in [-0.15, -0.1) is 0 Å². The van der Waals surface area contributed by atoms with Crippen molar-refractivity contribution in [1.29, 1.82) is 0 Å². The van der Waals surface area contributed by atoms with E-state index in [0.29, 0.717) is 12.4 Å². The third-order valence-electron chi connectivity index (χ3n) is 3.07. The van der Waals surface area contributed by atoms with Gasteiger partial charge in [-0.3, -0.25) is 10.1 Å². The smallest absolute Gasteiger partial charge is 0.228 e. The quantitative estimate of drug-likeness (QED) is 0.777. The lowest BCUT2D eigenvalue weighted by molar-refractivity contribution is -0.117. The second-order valence-electron chi connectivity index (χ2n) is 4.50. The highest BCUT2D eigenvalue weighted by molar-refractivity contribution is 5.89. The van der Waals surface area contributed by atoms with E-state index in [1.54, 1.807) is 7.05 Å². The highest BCUT2D eigenvalue weighted by Crippen LogP contribution is 2.30. The number of rotatable bonds is 3. The van der Waals surface area contributed by atoms with E-state index < -0.39 is 0 Å². The largest absolute Gasteiger partial charge is 0.325 e. The summed E-state index contributed by atoms with van der Waals surface area (Å²) in [5.74, 6) is 0.382. The Morgan fingerprint density at radius 1 is 1.62 bits per heavy atom. The van der Waals surface area contributed by atoms with Crippen molar-refractivity contribution in [2.45, 2.75) is 37.6 Å². The van der Waals surface area contributed by atoms with Crippen molar-refractivity contribution in [3.63, 3.8) is 0 Å². The lowest BCUT2D eigenvalue weighted by Crippen LogP contribution is -2.40. The van der Waals surface area contributed by atoms with E-state index in [1.165, 1.54) is 11.0 Å². The predicted octanol–water partition coefficient (Wildman–Crippen LogP) is 0.415. The number of amides is 1. The second-order valence-corrected chi connectivity index (χ2v) is 4.50. The lowest BCUT2D eigenvalue weighted by atomic mass is 9.94. The normalized spacial score (nSPS) is 18.6. The molecule has 1 saturated carbocycles. The van der Waals surface area contributed by atoms with Gasteiger partial charge in [0.1, 0.15) is 6.33 Å². The fraction of sp³-hybridized carbons (Fsp3) is 0.700. The van der Waals surface area contributed by atoms with Crippen molar-refractivity contribution in [2.75, 3.05) is 5.32 Å². The van der Waals surface area contributed by atoms with E-state index in [4.69, 9.17) is 5.73 Å². The monoisotopic (exact) mass is 223 g/mol. The molecule has 1 amide bonds. The SMILES string of the molecule is Cn1ncnc1NC(=O)CC1(N)CCCC1. The molecule has 6 heteroatoms. The molecule has 2 rings (SSSR count). The number of aromatic nitrogens is 3. The molecule has 0 aliphatic heterocycles. The molecule has 0 aromatic carbocycles. The van der Waals surface area contributed by atoms with Crippen LogP contribution in [0.4, 0.5) is 5.95 Å². The Morgan fingerprint density at radius 3 is 2.88 bits per heavy atom. The van der Waals surface area contributed by atoms with E-state index in [2.05, 4.69) is 15.4 Å². The Balaban J connectivity index is 1.92. The Hall–Kier alpha value is -1.43. The van der Waals surface area contributed by atoms with Crippen LogP contribution in [0, 0.1) is 0 Å². The number of nitrogens with two attached hydrogens (primary N) is 1. The fourth-order valence-corrected chi connectivity index (χ4v) is 2.15. The molecule has 0 spiro atoms. The summed E-state index contributed by atoms with van der Waals surface area (Å²) >= 11 is 0. The molecule has 88 valence electrons. The zero-order valence-electron chi connectivity index (χ0n) is 9.44. The number of nitrogens with one attached hydrogen (secondary N) is 1. The number of hydrogen-bond acceptors (Lipinski definition) is 4. The number of anilines is 1. The van der Waals surface area contributed by atoms with Crippen molar-refractivity contribution in [1.82, 2.24) is 14.8 Å². The summed E-state index contributed by atoms with van der Waals surface area (Å²) < 4.78 is 1.52. The molecule has 1 heterocycles. The molecule has 1 aliphatic rings. The van der Waals surface area contributed by atoms with Crippen LogP contribution in [-0.4, -0.2) is 26.2 Å². The van der Waals surface area contributed by atoms with Crippen molar-refractivity contribution in [3.8, 4) is 0 Å². The predicted molar refractivity (Wildman–Crippen MR) is 59.6 cm³/mol. The van der Waals surface area contributed by atoms with E-state index in [1.807, 2.05) is 0 Å². The summed E-state index contributed by atoms with van der Waals surface area (Å²) in [4.78, 5) is 15.7. The molecule has 16 heavy (non-hydrogen) atoms. The minimum Gasteiger partial charge on any atom is -0.325 e. The molecule has 3 N–H and O–H groups in total. The molecule has 0 atom stereocenters. The third-order valence-corrected chi connectivity index (χ3v) is 3.07. The van der Waals surface area contributed by atoms with Gasteiger partial charge < -0.3 is 5.73 Å². The first-order valence-electron chi connectivity index (χ1n) is 5.52. The zero-order valence-corrected chi connectivity index (χ0v) is 9.44. The zero-order chi connectivity index (χ0) is 11.6. The molecule has 1 aromatic rings. The fourth-order valence-electron chi connectivity index (χ4n) is 2.15. The van der Waals surface area contributed by atoms with Crippen LogP contribution in [0.1, 0.15) is 32.1 Å². The Kier molecular flexibility index (Phi) is 2.91. The number of carbonyl (C=O) groups excluding carboxylic acids is 1. The van der Waals surface area contributed by atoms with Crippen LogP contribution >= 0.6 is 0 Å². The highest BCUT2D eigenvalue weighted by Gasteiger charge is 2.31. The first-order valence-corrected chi connectivity index (χ1v) is 5.52. The first-order chi connectivity index (χ1) is 7.59. The van der Waals surface area contributed by atoms with Crippen molar-refractivity contribution >= 4 is 11.9 Å². The third kappa shape index (κ3) is 2.38. The first kappa shape index (κ1) is 11.1. The highest BCUT2D eigenvalue weighted by atomic mass is 16.1. The van der Waals surface area contributed by atoms with Gasteiger partial charge in [0.05, 0.1) is 0 Å². The Labute approximate surface area is 94.2 Å². The topological polar surface area (TPSA) is 85.8 Å². The van der Waals surface area contributed by atoms with Gasteiger partial charge in [-0.1, -0.05) is 12.8 Å². The van der Waals surface area contributed by atoms with Gasteiger partial charge in [-0.2, -0.15) is 10.1 Å². The molecule has 0 unspecified atom stereocenters. The van der Waals surface area contributed by atoms with Crippen LogP contribution in [-0.2, 0) is 11.8 Å². The van der Waals surface area contributed by atoms with E-state index in [0.717, 1.165) is 25.7 Å². The molecule has 0 radical (unpaired) electrons. The molecule has 1 aliphatic carbocycles. The molecule has 0 saturated heterocycles. The standard InChI is InChI=1S/C10H17N5O/c1-15-9(12-7-13-15)14-8(16)6-10(11)4-2-3-5-10/h7H,2-6,11H2,1H3,(H,12,13,14,16). The second kappa shape index (κ2) is 4.21. The summed E-state index contributed by atoms with van der Waals surface area (Å²) in [5.41, 5.74) is 5.81. The van der Waals surface area contributed by atoms with Crippen LogP contribution in [0.25, 0.3) is 0 Å². The number of aryl methyl sites for hydroxylation is 1. The number of nitrogens with zero attached hydrogens (tertiary/aromatic N) is 3. The van der Waals surface area contributed by atoms with E-state index >= 15 is 0 Å². The average molecular weight is 223 g/mol. The summed E-state index contributed by atoms with van der Waals surface area (Å²) in [5, 5.41) is 6.59. The van der Waals surface area contributed by atoms with Gasteiger partial charge in [0.25, 0.3) is 0 Å². The maximum atomic E-state index is 11.8. The minimum absolute atomic E-state index is 0.0829. The molecule has 6 nitrogen and oxygen atoms in total. The summed E-state index contributed by atoms with van der Waals surface area (Å²) in [6, 6.07) is 0. The summed E-state index contributed by atoms with van der Waals surface area (Å²) in [6.07, 6.45) is 5.86. The van der Waals surface area contributed by atoms with Gasteiger partial charge in [-0.05, 0) is 12.8 Å². The maximum absolute atomic E-state index is 11.8. The maximum Gasteiger partial charge on any atom is 0.228 e. The van der Waals surface area contributed by atoms with Crippen LogP contribution in [0.15, 0.2) is 6.33 Å². The van der Waals surface area contributed by atoms with Gasteiger partial charge >= 0.3 is 0 Å². The van der Waals surface area contributed by atoms with Crippen molar-refractivity contribution < 1.29 is 4.79 Å². The number of carbonyl (C=O) groups is 1. The van der Waals surface area contributed by atoms with Gasteiger partial charge in [0.2, 0.25) is 11.9 Å². The molecule has 1 aromatic heterocycles. The van der Waals surface area contributed by atoms with Crippen LogP contribution < -0.4 is 11.1 Å². The van der Waals surface area contributed by atoms with Gasteiger partial charge in [0, 0.05) is 19.0 Å².